The molecular formula is C5H7NOS. The predicted molar refractivity (Wildman–Crippen MR) is 35.2 cm³/mol. The van der Waals surface area contributed by atoms with Gasteiger partial charge in [0.2, 0.25) is 0 Å². The second kappa shape index (κ2) is 2.13. The molecule has 0 unspecified atom stereocenters. The highest BCUT2D eigenvalue weighted by Crippen LogP contribution is 2.11. The number of rotatable bonds is 0. The fourth-order valence-electron chi connectivity index (χ4n) is 0.398. The Balaban J connectivity index is 2.76. The topological polar surface area (TPSA) is 32.3 Å². The Kier molecular flexibility index (Phi) is 1.48. The molecule has 0 aromatic carbocycles. The molecule has 2 N–H and O–H groups in total. The molecule has 8 heavy (non-hydrogen) atoms. The van der Waals surface area contributed by atoms with E-state index in [1.807, 2.05) is 6.92 Å². The van der Waals surface area contributed by atoms with Crippen molar-refractivity contribution in [2.75, 3.05) is 0 Å². The van der Waals surface area contributed by atoms with Crippen molar-refractivity contribution >= 4 is 11.9 Å². The highest BCUT2D eigenvalue weighted by atomic mass is 32.2. The van der Waals surface area contributed by atoms with Crippen LogP contribution in [0.5, 0.6) is 0 Å². The predicted octanol–water partition coefficient (Wildman–Crippen LogP) is 1.54. The minimum absolute atomic E-state index is 0.323. The van der Waals surface area contributed by atoms with Gasteiger partial charge in [-0.2, -0.15) is 0 Å². The normalized spacial score (nSPS) is 18.6. The Hall–Kier alpha value is -0.570. The van der Waals surface area contributed by atoms with Gasteiger partial charge < -0.3 is 9.83 Å². The van der Waals surface area contributed by atoms with Crippen LogP contribution in [0.1, 0.15) is 6.92 Å². The molecule has 0 spiro atoms. The second-order valence-electron chi connectivity index (χ2n) is 1.53. The summed E-state index contributed by atoms with van der Waals surface area (Å²) < 4.78 is 2.89. The molecule has 1 rings (SSSR count). The molecule has 0 aromatic heterocycles. The zero-order valence-electron chi connectivity index (χ0n) is 4.51. The van der Waals surface area contributed by atoms with Crippen LogP contribution in [0.25, 0.3) is 0 Å². The Morgan fingerprint density at radius 2 is 2.50 bits per heavy atom. The van der Waals surface area contributed by atoms with Gasteiger partial charge in [-0.1, -0.05) is 0 Å². The second-order valence-corrected chi connectivity index (χ2v) is 2.24. The zero-order chi connectivity index (χ0) is 5.98. The maximum absolute atomic E-state index is 8.89. The van der Waals surface area contributed by atoms with Crippen LogP contribution in [-0.2, 0) is 0 Å². The third-order valence-corrected chi connectivity index (χ3v) is 1.59. The van der Waals surface area contributed by atoms with Crippen molar-refractivity contribution in [1.29, 1.82) is 0 Å². The number of hydrogen-bond donors (Lipinski definition) is 2. The standard InChI is InChI=1S/C5H7NOS/c1-4-5(7)2-3-8-6-4/h2-3,6-7H,1H3. The van der Waals surface area contributed by atoms with Crippen molar-refractivity contribution in [3.05, 3.63) is 22.9 Å². The van der Waals surface area contributed by atoms with E-state index < -0.39 is 0 Å². The highest BCUT2D eigenvalue weighted by Gasteiger charge is 1.98. The van der Waals surface area contributed by atoms with Gasteiger partial charge in [-0.15, -0.1) is 0 Å². The van der Waals surface area contributed by atoms with Crippen LogP contribution in [0.2, 0.25) is 0 Å². The van der Waals surface area contributed by atoms with Gasteiger partial charge in [-0.3, -0.25) is 0 Å². The molecule has 0 saturated carbocycles. The molecule has 1 aliphatic heterocycles. The average Bonchev–Trinajstić information content (AvgIpc) is 1.77. The Morgan fingerprint density at radius 1 is 1.75 bits per heavy atom. The fourth-order valence-corrected chi connectivity index (χ4v) is 0.944. The lowest BCUT2D eigenvalue weighted by Gasteiger charge is -2.07. The number of hydrogen-bond acceptors (Lipinski definition) is 3. The molecule has 0 amide bonds. The summed E-state index contributed by atoms with van der Waals surface area (Å²) in [6.45, 7) is 1.83. The third-order valence-electron chi connectivity index (χ3n) is 0.890. The SMILES string of the molecule is CC1=C(O)C=CSN1. The lowest BCUT2D eigenvalue weighted by molar-refractivity contribution is 0.423. The summed E-state index contributed by atoms with van der Waals surface area (Å²) in [5.41, 5.74) is 0.817. The summed E-state index contributed by atoms with van der Waals surface area (Å²) in [7, 11) is 0. The Bertz CT molecular complexity index is 151. The van der Waals surface area contributed by atoms with Crippen LogP contribution in [-0.4, -0.2) is 5.11 Å². The van der Waals surface area contributed by atoms with Crippen LogP contribution >= 0.6 is 11.9 Å². The fraction of sp³-hybridized carbons (Fsp3) is 0.200. The lowest BCUT2D eigenvalue weighted by atomic mass is 10.4. The number of aliphatic hydroxyl groups is 1. The van der Waals surface area contributed by atoms with Gasteiger partial charge in [0.1, 0.15) is 5.76 Å². The van der Waals surface area contributed by atoms with Crippen molar-refractivity contribution < 1.29 is 5.11 Å². The minimum atomic E-state index is 0.323. The molecule has 1 aliphatic rings. The number of allylic oxidation sites excluding steroid dienone is 2. The molecule has 2 nitrogen and oxygen atoms in total. The van der Waals surface area contributed by atoms with E-state index in [0.717, 1.165) is 5.70 Å². The lowest BCUT2D eigenvalue weighted by Crippen LogP contribution is -2.04. The summed E-state index contributed by atoms with van der Waals surface area (Å²) in [6, 6.07) is 0. The number of aliphatic hydroxyl groups excluding tert-OH is 1. The monoisotopic (exact) mass is 129 g/mol. The summed E-state index contributed by atoms with van der Waals surface area (Å²) >= 11 is 1.46. The molecular weight excluding hydrogens is 122 g/mol. The van der Waals surface area contributed by atoms with Gasteiger partial charge in [0.05, 0.1) is 5.70 Å². The van der Waals surface area contributed by atoms with Gasteiger partial charge in [0.15, 0.2) is 0 Å². The van der Waals surface area contributed by atoms with Crippen LogP contribution < -0.4 is 4.72 Å². The van der Waals surface area contributed by atoms with Crippen LogP contribution in [0.15, 0.2) is 22.9 Å². The van der Waals surface area contributed by atoms with Crippen molar-refractivity contribution in [3.8, 4) is 0 Å². The molecule has 0 aromatic rings. The molecule has 0 aliphatic carbocycles. The molecule has 44 valence electrons. The van der Waals surface area contributed by atoms with E-state index in [4.69, 9.17) is 5.11 Å². The highest BCUT2D eigenvalue weighted by molar-refractivity contribution is 8.00. The molecule has 1 heterocycles. The molecule has 3 heteroatoms. The van der Waals surface area contributed by atoms with E-state index in [1.165, 1.54) is 11.9 Å². The summed E-state index contributed by atoms with van der Waals surface area (Å²) in [5.74, 6) is 0.323. The van der Waals surface area contributed by atoms with Gasteiger partial charge in [-0.25, -0.2) is 0 Å². The van der Waals surface area contributed by atoms with Gasteiger partial charge in [0.25, 0.3) is 0 Å². The Morgan fingerprint density at radius 3 is 2.88 bits per heavy atom. The van der Waals surface area contributed by atoms with Gasteiger partial charge >= 0.3 is 0 Å². The smallest absolute Gasteiger partial charge is 0.135 e. The average molecular weight is 129 g/mol. The first kappa shape index (κ1) is 5.56. The van der Waals surface area contributed by atoms with E-state index in [-0.39, 0.29) is 0 Å². The first-order chi connectivity index (χ1) is 3.80. The quantitative estimate of drug-likeness (QED) is 0.486. The van der Waals surface area contributed by atoms with Gasteiger partial charge in [0, 0.05) is 0 Å². The van der Waals surface area contributed by atoms with Gasteiger partial charge in [-0.05, 0) is 30.4 Å². The molecule has 0 bridgehead atoms. The van der Waals surface area contributed by atoms with Crippen molar-refractivity contribution in [2.45, 2.75) is 6.92 Å². The largest absolute Gasteiger partial charge is 0.506 e. The van der Waals surface area contributed by atoms with Crippen molar-refractivity contribution in [3.63, 3.8) is 0 Å². The van der Waals surface area contributed by atoms with E-state index in [9.17, 15) is 0 Å². The number of nitrogens with one attached hydrogen (secondary N) is 1. The summed E-state index contributed by atoms with van der Waals surface area (Å²) in [4.78, 5) is 0. The Labute approximate surface area is 52.4 Å². The zero-order valence-corrected chi connectivity index (χ0v) is 5.33. The van der Waals surface area contributed by atoms with E-state index in [1.54, 1.807) is 11.5 Å². The minimum Gasteiger partial charge on any atom is -0.506 e. The molecule has 0 atom stereocenters. The first-order valence-electron chi connectivity index (χ1n) is 2.29. The maximum Gasteiger partial charge on any atom is 0.135 e. The molecule has 0 saturated heterocycles. The molecule has 0 radical (unpaired) electrons. The third kappa shape index (κ3) is 0.980. The van der Waals surface area contributed by atoms with Crippen molar-refractivity contribution in [2.24, 2.45) is 0 Å². The summed E-state index contributed by atoms with van der Waals surface area (Å²) in [5, 5.41) is 10.7. The molecule has 0 fully saturated rings. The van der Waals surface area contributed by atoms with Crippen LogP contribution in [0.3, 0.4) is 0 Å². The van der Waals surface area contributed by atoms with Crippen LogP contribution in [0, 0.1) is 0 Å². The van der Waals surface area contributed by atoms with E-state index >= 15 is 0 Å². The van der Waals surface area contributed by atoms with E-state index in [0.29, 0.717) is 5.76 Å². The van der Waals surface area contributed by atoms with Crippen LogP contribution in [0.4, 0.5) is 0 Å². The first-order valence-corrected chi connectivity index (χ1v) is 3.17. The van der Waals surface area contributed by atoms with Crippen molar-refractivity contribution in [1.82, 2.24) is 4.72 Å². The van der Waals surface area contributed by atoms with E-state index in [2.05, 4.69) is 4.72 Å². The summed E-state index contributed by atoms with van der Waals surface area (Å²) in [6.07, 6.45) is 1.66. The maximum atomic E-state index is 8.89.